The number of fused-ring (bicyclic) bond motifs is 5. The number of unbranched alkanes of at least 4 members (excludes halogenated alkanes) is 1. The number of rotatable bonds is 5. The average Bonchev–Trinajstić information content (AvgIpc) is 3.33. The molecular formula is C23H22N4O. The molecule has 0 spiro atoms. The largest absolute Gasteiger partial charge is 0.336 e. The van der Waals surface area contributed by atoms with Gasteiger partial charge in [-0.3, -0.25) is 9.20 Å². The van der Waals surface area contributed by atoms with Crippen LogP contribution in [0.3, 0.4) is 0 Å². The molecule has 2 N–H and O–H groups in total. The van der Waals surface area contributed by atoms with Crippen molar-refractivity contribution in [2.24, 2.45) is 0 Å². The lowest BCUT2D eigenvalue weighted by Gasteiger charge is -2.16. The minimum Gasteiger partial charge on any atom is -0.336 e. The van der Waals surface area contributed by atoms with Crippen molar-refractivity contribution in [2.45, 2.75) is 31.6 Å². The lowest BCUT2D eigenvalue weighted by Crippen LogP contribution is -2.31. The van der Waals surface area contributed by atoms with Gasteiger partial charge in [-0.1, -0.05) is 61.0 Å². The maximum Gasteiger partial charge on any atom is 0.312 e. The Morgan fingerprint density at radius 3 is 2.64 bits per heavy atom. The third-order valence-electron chi connectivity index (χ3n) is 5.77. The number of aryl methyl sites for hydroxylation is 1. The molecule has 0 fully saturated rings. The molecule has 0 saturated heterocycles. The number of nitrogens with zero attached hydrogens (tertiary/aromatic N) is 3. The van der Waals surface area contributed by atoms with Crippen LogP contribution in [0.1, 0.15) is 42.0 Å². The summed E-state index contributed by atoms with van der Waals surface area (Å²) in [6.45, 7) is 0. The highest BCUT2D eigenvalue weighted by atomic mass is 16.1. The van der Waals surface area contributed by atoms with Crippen molar-refractivity contribution < 1.29 is 0 Å². The van der Waals surface area contributed by atoms with Gasteiger partial charge >= 0.3 is 5.56 Å². The van der Waals surface area contributed by atoms with Gasteiger partial charge in [-0.25, -0.2) is 9.66 Å². The predicted octanol–water partition coefficient (Wildman–Crippen LogP) is 3.74. The lowest BCUT2D eigenvalue weighted by molar-refractivity contribution is 0.618. The average molecular weight is 370 g/mol. The van der Waals surface area contributed by atoms with Gasteiger partial charge in [0.05, 0.1) is 11.4 Å². The first kappa shape index (κ1) is 16.8. The van der Waals surface area contributed by atoms with E-state index < -0.39 is 0 Å². The zero-order valence-corrected chi connectivity index (χ0v) is 15.6. The highest BCUT2D eigenvalue weighted by Crippen LogP contribution is 2.45. The van der Waals surface area contributed by atoms with Gasteiger partial charge in [-0.05, 0) is 30.4 Å². The van der Waals surface area contributed by atoms with Crippen LogP contribution in [0.25, 0.3) is 16.9 Å². The maximum absolute atomic E-state index is 12.6. The first-order valence-corrected chi connectivity index (χ1v) is 9.76. The van der Waals surface area contributed by atoms with E-state index in [-0.39, 0.29) is 11.5 Å². The summed E-state index contributed by atoms with van der Waals surface area (Å²) in [6.07, 6.45) is 7.88. The van der Waals surface area contributed by atoms with E-state index in [0.29, 0.717) is 5.65 Å². The van der Waals surface area contributed by atoms with Gasteiger partial charge in [0.2, 0.25) is 5.65 Å². The van der Waals surface area contributed by atoms with Gasteiger partial charge in [0.1, 0.15) is 0 Å². The second-order valence-corrected chi connectivity index (χ2v) is 7.40. The van der Waals surface area contributed by atoms with Gasteiger partial charge in [0.25, 0.3) is 0 Å². The van der Waals surface area contributed by atoms with Crippen LogP contribution in [-0.2, 0) is 6.42 Å². The second kappa shape index (κ2) is 6.68. The van der Waals surface area contributed by atoms with E-state index in [1.807, 2.05) is 16.7 Å². The van der Waals surface area contributed by atoms with E-state index in [1.165, 1.54) is 15.8 Å². The van der Waals surface area contributed by atoms with Gasteiger partial charge in [-0.15, -0.1) is 0 Å². The molecule has 0 saturated carbocycles. The lowest BCUT2D eigenvalue weighted by atomic mass is 9.93. The summed E-state index contributed by atoms with van der Waals surface area (Å²) in [4.78, 5) is 16.9. The zero-order chi connectivity index (χ0) is 19.1. The summed E-state index contributed by atoms with van der Waals surface area (Å²) in [5.74, 6) is 6.43. The van der Waals surface area contributed by atoms with Crippen molar-refractivity contribution in [3.63, 3.8) is 0 Å². The van der Waals surface area contributed by atoms with Crippen LogP contribution in [0.2, 0.25) is 0 Å². The van der Waals surface area contributed by atoms with Crippen LogP contribution in [-0.4, -0.2) is 14.1 Å². The van der Waals surface area contributed by atoms with Gasteiger partial charge in [0.15, 0.2) is 0 Å². The molecule has 1 aliphatic carbocycles. The van der Waals surface area contributed by atoms with E-state index in [1.54, 1.807) is 6.20 Å². The Labute approximate surface area is 163 Å². The number of benzene rings is 2. The third-order valence-corrected chi connectivity index (χ3v) is 5.77. The zero-order valence-electron chi connectivity index (χ0n) is 15.6. The number of imidazole rings is 1. The van der Waals surface area contributed by atoms with E-state index in [9.17, 15) is 4.79 Å². The van der Waals surface area contributed by atoms with E-state index >= 15 is 0 Å². The molecule has 0 amide bonds. The summed E-state index contributed by atoms with van der Waals surface area (Å²) >= 11 is 0. The first-order chi connectivity index (χ1) is 13.8. The van der Waals surface area contributed by atoms with Gasteiger partial charge in [-0.2, -0.15) is 0 Å². The highest BCUT2D eigenvalue weighted by molar-refractivity contribution is 5.76. The summed E-state index contributed by atoms with van der Waals surface area (Å²) in [6, 6.07) is 18.9. The van der Waals surface area contributed by atoms with E-state index in [2.05, 4.69) is 53.5 Å². The van der Waals surface area contributed by atoms with E-state index in [4.69, 9.17) is 5.84 Å². The molecule has 2 heterocycles. The van der Waals surface area contributed by atoms with Crippen LogP contribution >= 0.6 is 0 Å². The number of nitrogen functional groups attached to an aromatic ring is 1. The minimum atomic E-state index is -0.261. The molecule has 5 rings (SSSR count). The smallest absolute Gasteiger partial charge is 0.312 e. The topological polar surface area (TPSA) is 65.3 Å². The van der Waals surface area contributed by atoms with Gasteiger partial charge in [0, 0.05) is 23.9 Å². The van der Waals surface area contributed by atoms with Crippen molar-refractivity contribution in [3.05, 3.63) is 94.2 Å². The summed E-state index contributed by atoms with van der Waals surface area (Å²) in [5, 5.41) is 0. The molecule has 0 aliphatic heterocycles. The normalized spacial score (nSPS) is 14.9. The minimum absolute atomic E-state index is 0.217. The molecule has 2 aromatic heterocycles. The third kappa shape index (κ3) is 2.54. The Kier molecular flexibility index (Phi) is 4.01. The van der Waals surface area contributed by atoms with Crippen molar-refractivity contribution in [1.82, 2.24) is 14.1 Å². The molecule has 0 bridgehead atoms. The molecule has 4 aromatic rings. The first-order valence-electron chi connectivity index (χ1n) is 9.76. The Morgan fingerprint density at radius 1 is 1.00 bits per heavy atom. The SMILES string of the molecule is Nn1c2c(n3ccnc3c1=O)C(CCCCc1ccccc1)c1ccccc1-2. The molecule has 5 nitrogen and oxygen atoms in total. The fourth-order valence-corrected chi connectivity index (χ4v) is 4.48. The van der Waals surface area contributed by atoms with Crippen LogP contribution < -0.4 is 11.4 Å². The van der Waals surface area contributed by atoms with Gasteiger partial charge < -0.3 is 5.84 Å². The molecular weight excluding hydrogens is 348 g/mol. The Balaban J connectivity index is 1.50. The molecule has 1 unspecified atom stereocenters. The van der Waals surface area contributed by atoms with Crippen molar-refractivity contribution in [2.75, 3.05) is 5.84 Å². The molecule has 1 atom stereocenters. The fraction of sp³-hybridized carbons (Fsp3) is 0.217. The van der Waals surface area contributed by atoms with Crippen LogP contribution in [0.4, 0.5) is 0 Å². The second-order valence-electron chi connectivity index (χ2n) is 7.40. The number of aromatic nitrogens is 3. The standard InChI is InChI=1S/C23H22N4O/c24-27-21-19-13-7-6-11-17(19)18(12-5-4-10-16-8-2-1-3-9-16)20(21)26-15-14-25-22(26)23(27)28/h1-3,6-9,11,13-15,18H,4-5,10,12,24H2. The Hall–Kier alpha value is -3.34. The summed E-state index contributed by atoms with van der Waals surface area (Å²) in [5.41, 5.74) is 5.71. The summed E-state index contributed by atoms with van der Waals surface area (Å²) in [7, 11) is 0. The van der Waals surface area contributed by atoms with Crippen molar-refractivity contribution in [3.8, 4) is 11.3 Å². The van der Waals surface area contributed by atoms with Crippen molar-refractivity contribution in [1.29, 1.82) is 0 Å². The molecule has 28 heavy (non-hydrogen) atoms. The highest BCUT2D eigenvalue weighted by Gasteiger charge is 2.33. The molecule has 5 heteroatoms. The fourth-order valence-electron chi connectivity index (χ4n) is 4.48. The Bertz CT molecular complexity index is 1210. The molecule has 0 radical (unpaired) electrons. The van der Waals surface area contributed by atoms with E-state index in [0.717, 1.165) is 42.6 Å². The van der Waals surface area contributed by atoms with Crippen LogP contribution in [0.15, 0.2) is 71.8 Å². The molecule has 1 aliphatic rings. The number of nitrogens with two attached hydrogens (primary N) is 1. The number of hydrogen-bond donors (Lipinski definition) is 1. The monoisotopic (exact) mass is 370 g/mol. The molecule has 2 aromatic carbocycles. The quantitative estimate of drug-likeness (QED) is 0.430. The predicted molar refractivity (Wildman–Crippen MR) is 111 cm³/mol. The maximum atomic E-state index is 12.6. The van der Waals surface area contributed by atoms with Crippen molar-refractivity contribution >= 4 is 5.65 Å². The van der Waals surface area contributed by atoms with Crippen LogP contribution in [0.5, 0.6) is 0 Å². The number of hydrogen-bond acceptors (Lipinski definition) is 3. The summed E-state index contributed by atoms with van der Waals surface area (Å²) < 4.78 is 3.21. The molecule has 140 valence electrons. The van der Waals surface area contributed by atoms with Crippen LogP contribution in [0, 0.1) is 0 Å². The Morgan fingerprint density at radius 2 is 1.79 bits per heavy atom.